The maximum absolute atomic E-state index is 5.86. The van der Waals surface area contributed by atoms with Gasteiger partial charge in [0, 0.05) is 19.6 Å². The summed E-state index contributed by atoms with van der Waals surface area (Å²) in [5.74, 6) is 1.93. The van der Waals surface area contributed by atoms with Crippen molar-refractivity contribution in [3.05, 3.63) is 36.4 Å². The van der Waals surface area contributed by atoms with Gasteiger partial charge in [-0.3, -0.25) is 0 Å². The Kier molecular flexibility index (Phi) is 6.31. The molecule has 2 unspecified atom stereocenters. The molecule has 0 spiro atoms. The summed E-state index contributed by atoms with van der Waals surface area (Å²) < 4.78 is 21.9. The van der Waals surface area contributed by atoms with Gasteiger partial charge in [0.1, 0.15) is 30.3 Å². The summed E-state index contributed by atoms with van der Waals surface area (Å²) in [4.78, 5) is 0. The zero-order valence-electron chi connectivity index (χ0n) is 13.0. The van der Waals surface area contributed by atoms with Crippen LogP contribution >= 0.6 is 11.6 Å². The average Bonchev–Trinajstić information content (AvgIpc) is 2.57. The highest BCUT2D eigenvalue weighted by atomic mass is 35.5. The Bertz CT molecular complexity index is 598. The molecular formula is C17H21ClO4. The number of halogens is 1. The molecule has 4 nitrogen and oxygen atoms in total. The van der Waals surface area contributed by atoms with Gasteiger partial charge in [-0.1, -0.05) is 18.2 Å². The topological polar surface area (TPSA) is 36.9 Å². The molecule has 0 N–H and O–H groups in total. The molecule has 0 amide bonds. The van der Waals surface area contributed by atoms with E-state index in [-0.39, 0.29) is 12.2 Å². The van der Waals surface area contributed by atoms with Gasteiger partial charge in [0.15, 0.2) is 0 Å². The quantitative estimate of drug-likeness (QED) is 0.696. The minimum atomic E-state index is -0.226. The van der Waals surface area contributed by atoms with Crippen molar-refractivity contribution in [3.8, 4) is 11.5 Å². The molecule has 0 saturated carbocycles. The van der Waals surface area contributed by atoms with Crippen molar-refractivity contribution in [2.24, 2.45) is 0 Å². The molecule has 2 atom stereocenters. The van der Waals surface area contributed by atoms with E-state index in [0.29, 0.717) is 12.5 Å². The van der Waals surface area contributed by atoms with E-state index >= 15 is 0 Å². The van der Waals surface area contributed by atoms with Crippen molar-refractivity contribution in [1.29, 1.82) is 0 Å². The third kappa shape index (κ3) is 3.83. The average molecular weight is 325 g/mol. The van der Waals surface area contributed by atoms with Crippen LogP contribution in [-0.2, 0) is 9.47 Å². The predicted octanol–water partition coefficient (Wildman–Crippen LogP) is 3.50. The van der Waals surface area contributed by atoms with Crippen LogP contribution in [0.4, 0.5) is 0 Å². The van der Waals surface area contributed by atoms with Crippen LogP contribution in [0.5, 0.6) is 11.5 Å². The number of hydrogen-bond donors (Lipinski definition) is 0. The van der Waals surface area contributed by atoms with Gasteiger partial charge in [-0.2, -0.15) is 0 Å². The Balaban J connectivity index is 2.14. The lowest BCUT2D eigenvalue weighted by Crippen LogP contribution is -2.36. The Hall–Kier alpha value is -1.49. The minimum Gasteiger partial charge on any atom is -0.496 e. The van der Waals surface area contributed by atoms with Gasteiger partial charge < -0.3 is 18.9 Å². The van der Waals surface area contributed by atoms with E-state index in [9.17, 15) is 0 Å². The highest BCUT2D eigenvalue weighted by Crippen LogP contribution is 2.29. The number of methoxy groups -OCH3 is 3. The van der Waals surface area contributed by atoms with Crippen LogP contribution in [0.25, 0.3) is 10.8 Å². The zero-order chi connectivity index (χ0) is 15.9. The summed E-state index contributed by atoms with van der Waals surface area (Å²) in [6.07, 6.45) is -0.433. The van der Waals surface area contributed by atoms with Crippen LogP contribution < -0.4 is 9.47 Å². The number of hydrogen-bond acceptors (Lipinski definition) is 4. The van der Waals surface area contributed by atoms with Crippen molar-refractivity contribution in [1.82, 2.24) is 0 Å². The molecule has 2 rings (SSSR count). The largest absolute Gasteiger partial charge is 0.496 e. The number of rotatable bonds is 8. The first kappa shape index (κ1) is 16.9. The lowest BCUT2D eigenvalue weighted by molar-refractivity contribution is -0.0446. The third-order valence-electron chi connectivity index (χ3n) is 3.62. The van der Waals surface area contributed by atoms with Crippen LogP contribution in [-0.4, -0.2) is 46.0 Å². The van der Waals surface area contributed by atoms with Gasteiger partial charge in [-0.15, -0.1) is 11.6 Å². The van der Waals surface area contributed by atoms with Crippen molar-refractivity contribution >= 4 is 22.4 Å². The van der Waals surface area contributed by atoms with Gasteiger partial charge in [0.2, 0.25) is 0 Å². The SMILES string of the molecule is COc1cccc2ccc(OCC(OC)C(CCl)OC)cc12. The molecule has 5 heteroatoms. The van der Waals surface area contributed by atoms with Crippen molar-refractivity contribution < 1.29 is 18.9 Å². The maximum atomic E-state index is 5.86. The number of fused-ring (bicyclic) bond motifs is 1. The Morgan fingerprint density at radius 2 is 1.77 bits per heavy atom. The zero-order valence-corrected chi connectivity index (χ0v) is 13.8. The first-order valence-electron chi connectivity index (χ1n) is 7.04. The Morgan fingerprint density at radius 1 is 1.00 bits per heavy atom. The van der Waals surface area contributed by atoms with Crippen LogP contribution in [0.2, 0.25) is 0 Å². The second-order valence-corrected chi connectivity index (χ2v) is 5.17. The normalized spacial score (nSPS) is 13.8. The molecule has 0 aromatic heterocycles. The van der Waals surface area contributed by atoms with E-state index < -0.39 is 0 Å². The van der Waals surface area contributed by atoms with Crippen molar-refractivity contribution in [3.63, 3.8) is 0 Å². The van der Waals surface area contributed by atoms with Crippen molar-refractivity contribution in [2.75, 3.05) is 33.8 Å². The highest BCUT2D eigenvalue weighted by Gasteiger charge is 2.21. The van der Waals surface area contributed by atoms with Crippen LogP contribution in [0.3, 0.4) is 0 Å². The first-order valence-corrected chi connectivity index (χ1v) is 7.58. The van der Waals surface area contributed by atoms with Gasteiger partial charge >= 0.3 is 0 Å². The molecule has 2 aromatic rings. The number of alkyl halides is 1. The molecule has 2 aromatic carbocycles. The van der Waals surface area contributed by atoms with E-state index in [1.165, 1.54) is 0 Å². The van der Waals surface area contributed by atoms with Gasteiger partial charge in [0.25, 0.3) is 0 Å². The highest BCUT2D eigenvalue weighted by molar-refractivity contribution is 6.18. The standard InChI is InChI=1S/C17H21ClO4/c1-19-15-6-4-5-12-7-8-13(9-14(12)15)22-11-17(21-3)16(10-18)20-2/h4-9,16-17H,10-11H2,1-3H3. The summed E-state index contributed by atoms with van der Waals surface area (Å²) in [6, 6.07) is 11.8. The number of benzene rings is 2. The van der Waals surface area contributed by atoms with E-state index in [1.54, 1.807) is 21.3 Å². The molecule has 0 heterocycles. The fraction of sp³-hybridized carbons (Fsp3) is 0.412. The summed E-state index contributed by atoms with van der Waals surface area (Å²) in [5, 5.41) is 2.11. The van der Waals surface area contributed by atoms with Gasteiger partial charge in [0.05, 0.1) is 13.0 Å². The fourth-order valence-electron chi connectivity index (χ4n) is 2.31. The lowest BCUT2D eigenvalue weighted by Gasteiger charge is -2.23. The first-order chi connectivity index (χ1) is 10.7. The molecule has 0 aliphatic heterocycles. The summed E-state index contributed by atoms with van der Waals surface area (Å²) in [6.45, 7) is 0.363. The summed E-state index contributed by atoms with van der Waals surface area (Å²) in [5.41, 5.74) is 0. The van der Waals surface area contributed by atoms with E-state index in [4.69, 9.17) is 30.5 Å². The molecule has 0 radical (unpaired) electrons. The Labute approximate surface area is 135 Å². The van der Waals surface area contributed by atoms with Crippen LogP contribution in [0.1, 0.15) is 0 Å². The lowest BCUT2D eigenvalue weighted by atomic mass is 10.1. The molecule has 120 valence electrons. The molecule has 22 heavy (non-hydrogen) atoms. The predicted molar refractivity (Wildman–Crippen MR) is 88.3 cm³/mol. The number of ether oxygens (including phenoxy) is 4. The molecule has 0 saturated heterocycles. The fourth-order valence-corrected chi connectivity index (χ4v) is 2.64. The smallest absolute Gasteiger partial charge is 0.126 e. The minimum absolute atomic E-state index is 0.207. The summed E-state index contributed by atoms with van der Waals surface area (Å²) >= 11 is 5.86. The van der Waals surface area contributed by atoms with E-state index in [1.807, 2.05) is 36.4 Å². The second-order valence-electron chi connectivity index (χ2n) is 4.86. The van der Waals surface area contributed by atoms with Crippen LogP contribution in [0.15, 0.2) is 36.4 Å². The van der Waals surface area contributed by atoms with E-state index in [2.05, 4.69) is 0 Å². The molecule has 0 aliphatic rings. The third-order valence-corrected chi connectivity index (χ3v) is 3.92. The van der Waals surface area contributed by atoms with Gasteiger partial charge in [-0.05, 0) is 23.6 Å². The monoisotopic (exact) mass is 324 g/mol. The maximum Gasteiger partial charge on any atom is 0.126 e. The van der Waals surface area contributed by atoms with Crippen LogP contribution in [0, 0.1) is 0 Å². The Morgan fingerprint density at radius 3 is 2.41 bits per heavy atom. The summed E-state index contributed by atoms with van der Waals surface area (Å²) in [7, 11) is 4.89. The molecule has 0 bridgehead atoms. The second kappa shape index (κ2) is 8.22. The molecular weight excluding hydrogens is 304 g/mol. The van der Waals surface area contributed by atoms with E-state index in [0.717, 1.165) is 22.3 Å². The van der Waals surface area contributed by atoms with Gasteiger partial charge in [-0.25, -0.2) is 0 Å². The van der Waals surface area contributed by atoms with Crippen molar-refractivity contribution in [2.45, 2.75) is 12.2 Å². The molecule has 0 fully saturated rings. The molecule has 0 aliphatic carbocycles.